The highest BCUT2D eigenvalue weighted by atomic mass is 31.3. The molecule has 0 radical (unpaired) electrons. The van der Waals surface area contributed by atoms with Crippen molar-refractivity contribution in [2.45, 2.75) is 55.2 Å². The Labute approximate surface area is 200 Å². The molecule has 21 heteroatoms. The molecule has 2 fully saturated rings. The van der Waals surface area contributed by atoms with E-state index in [4.69, 9.17) is 34.0 Å². The first-order valence-corrected chi connectivity index (χ1v) is 13.1. The molecule has 10 atom stereocenters. The van der Waals surface area contributed by atoms with Crippen LogP contribution in [-0.4, -0.2) is 107 Å². The Kier molecular flexibility index (Phi) is 9.05. The Morgan fingerprint density at radius 3 is 2.28 bits per heavy atom. The predicted octanol–water partition coefficient (Wildman–Crippen LogP) is -4.83. The van der Waals surface area contributed by atoms with E-state index in [1.54, 1.807) is 0 Å². The molecule has 2 saturated heterocycles. The van der Waals surface area contributed by atoms with Gasteiger partial charge in [-0.25, -0.2) is 13.9 Å². The highest BCUT2D eigenvalue weighted by Gasteiger charge is 2.50. The fourth-order valence-corrected chi connectivity index (χ4v) is 5.63. The van der Waals surface area contributed by atoms with Gasteiger partial charge in [-0.05, 0) is 0 Å². The molecule has 2 aliphatic rings. The number of phosphoric acid groups is 2. The van der Waals surface area contributed by atoms with Crippen molar-refractivity contribution < 1.29 is 67.3 Å². The van der Waals surface area contributed by atoms with Crippen molar-refractivity contribution in [3.8, 4) is 0 Å². The second-order valence-electron chi connectivity index (χ2n) is 7.77. The molecule has 0 saturated carbocycles. The summed E-state index contributed by atoms with van der Waals surface area (Å²) in [6.07, 6.45) is -13.1. The average molecular weight is 565 g/mol. The molecule has 2 aliphatic heterocycles. The molecule has 3 unspecified atom stereocenters. The number of nitrogens with zero attached hydrogens (tertiary/aromatic N) is 1. The molecule has 1 aromatic heterocycles. The van der Waals surface area contributed by atoms with Gasteiger partial charge in [0, 0.05) is 12.3 Å². The lowest BCUT2D eigenvalue weighted by Crippen LogP contribution is -2.62. The number of aromatic amines is 1. The molecule has 36 heavy (non-hydrogen) atoms. The van der Waals surface area contributed by atoms with Crippen LogP contribution in [-0.2, 0) is 32.0 Å². The summed E-state index contributed by atoms with van der Waals surface area (Å²) < 4.78 is 49.2. The number of phosphoric ester groups is 1. The molecule has 0 amide bonds. The van der Waals surface area contributed by atoms with Crippen LogP contribution in [0.3, 0.4) is 0 Å². The van der Waals surface area contributed by atoms with Crippen LogP contribution in [0.25, 0.3) is 0 Å². The lowest BCUT2D eigenvalue weighted by Gasteiger charge is -2.40. The fourth-order valence-electron chi connectivity index (χ4n) is 3.42. The molecular formula is C15H25N3O16P2. The molecule has 0 aliphatic carbocycles. The van der Waals surface area contributed by atoms with Gasteiger partial charge >= 0.3 is 21.3 Å². The van der Waals surface area contributed by atoms with Crippen LogP contribution in [0.15, 0.2) is 21.9 Å². The van der Waals surface area contributed by atoms with Crippen molar-refractivity contribution >= 4 is 15.6 Å². The fraction of sp³-hybridized carbons (Fsp3) is 0.733. The number of nitrogens with one attached hydrogen (secondary N) is 1. The second-order valence-corrected chi connectivity index (χ2v) is 10.8. The molecule has 0 spiro atoms. The topological polar surface area (TPSA) is 303 Å². The highest BCUT2D eigenvalue weighted by molar-refractivity contribution is 7.61. The first-order chi connectivity index (χ1) is 16.7. The van der Waals surface area contributed by atoms with Crippen LogP contribution in [0.2, 0.25) is 0 Å². The van der Waals surface area contributed by atoms with Gasteiger partial charge in [0.15, 0.2) is 12.5 Å². The first-order valence-electron chi connectivity index (χ1n) is 10.1. The van der Waals surface area contributed by atoms with E-state index in [1.165, 1.54) is 0 Å². The normalized spacial score (nSPS) is 37.1. The van der Waals surface area contributed by atoms with Crippen LogP contribution in [0.5, 0.6) is 0 Å². The van der Waals surface area contributed by atoms with E-state index in [0.717, 1.165) is 16.8 Å². The van der Waals surface area contributed by atoms with E-state index in [1.807, 2.05) is 4.98 Å². The van der Waals surface area contributed by atoms with Crippen LogP contribution in [0.4, 0.5) is 0 Å². The third-order valence-electron chi connectivity index (χ3n) is 5.24. The van der Waals surface area contributed by atoms with Gasteiger partial charge in [-0.1, -0.05) is 0 Å². The SMILES string of the molecule is N[C@H]1[C@H](O)[C@@H](O)[C@H](OP(=O)(OC[C@@H]2O[C@H](n3ccc(=O)[nH]c3=O)C(O)C2O)OP(=O)(O)O)O[C@@H]1CO. The maximum atomic E-state index is 13.0. The third kappa shape index (κ3) is 6.54. The highest BCUT2D eigenvalue weighted by Crippen LogP contribution is 2.62. The van der Waals surface area contributed by atoms with Gasteiger partial charge < -0.3 is 50.5 Å². The molecule has 19 nitrogen and oxygen atoms in total. The second kappa shape index (κ2) is 11.2. The van der Waals surface area contributed by atoms with Crippen molar-refractivity contribution in [2.75, 3.05) is 13.2 Å². The van der Waals surface area contributed by atoms with Crippen LogP contribution < -0.4 is 17.0 Å². The van der Waals surface area contributed by atoms with Gasteiger partial charge in [-0.2, -0.15) is 4.31 Å². The summed E-state index contributed by atoms with van der Waals surface area (Å²) >= 11 is 0. The lowest BCUT2D eigenvalue weighted by molar-refractivity contribution is -0.252. The third-order valence-corrected chi connectivity index (χ3v) is 7.82. The summed E-state index contributed by atoms with van der Waals surface area (Å²) in [6.45, 7) is -1.82. The summed E-state index contributed by atoms with van der Waals surface area (Å²) in [5.41, 5.74) is 3.83. The van der Waals surface area contributed by atoms with E-state index in [9.17, 15) is 44.3 Å². The summed E-state index contributed by atoms with van der Waals surface area (Å²) in [6, 6.07) is -0.386. The van der Waals surface area contributed by atoms with Gasteiger partial charge in [0.05, 0.1) is 19.3 Å². The number of hydrogen-bond donors (Lipinski definition) is 9. The van der Waals surface area contributed by atoms with E-state index in [-0.39, 0.29) is 0 Å². The van der Waals surface area contributed by atoms with Crippen molar-refractivity contribution in [2.24, 2.45) is 5.73 Å². The Bertz CT molecular complexity index is 1120. The minimum absolute atomic E-state index is 0.726. The van der Waals surface area contributed by atoms with Crippen LogP contribution in [0, 0.1) is 0 Å². The number of nitrogens with two attached hydrogens (primary N) is 1. The summed E-state index contributed by atoms with van der Waals surface area (Å²) in [5.74, 6) is 0. The van der Waals surface area contributed by atoms with Crippen molar-refractivity contribution in [3.05, 3.63) is 33.1 Å². The molecule has 3 rings (SSSR count). The Hall–Kier alpha value is -1.38. The Morgan fingerprint density at radius 1 is 1.03 bits per heavy atom. The summed E-state index contributed by atoms with van der Waals surface area (Å²) in [7, 11) is -11.0. The molecule has 206 valence electrons. The average Bonchev–Trinajstić information content (AvgIpc) is 3.05. The van der Waals surface area contributed by atoms with Crippen LogP contribution in [0.1, 0.15) is 6.23 Å². The van der Waals surface area contributed by atoms with E-state index in [2.05, 4.69) is 4.31 Å². The van der Waals surface area contributed by atoms with E-state index < -0.39 is 95.3 Å². The van der Waals surface area contributed by atoms with Gasteiger partial charge in [-0.15, -0.1) is 0 Å². The van der Waals surface area contributed by atoms with E-state index in [0.29, 0.717) is 0 Å². The number of aliphatic hydroxyl groups is 5. The largest absolute Gasteiger partial charge is 0.486 e. The standard InChI is InChI=1S/C15H25N3O16P2/c16-8-5(3-19)32-14(12(24)10(8)22)33-36(29,34-35(26,27)28)30-4-6-9(21)11(23)13(31-6)18-2-1-7(20)17-15(18)25/h1-2,5-6,8-14,19,21-24H,3-4,16H2,(H,17,20,25)(H2,26,27,28)/t5-,6+,8-,9?,10+,11?,12-,13+,14+,36?/m1/s1. The van der Waals surface area contributed by atoms with Crippen molar-refractivity contribution in [1.82, 2.24) is 9.55 Å². The number of hydrogen-bond acceptors (Lipinski definition) is 15. The molecule has 3 heterocycles. The van der Waals surface area contributed by atoms with Crippen molar-refractivity contribution in [1.29, 1.82) is 0 Å². The van der Waals surface area contributed by atoms with E-state index >= 15 is 0 Å². The number of ether oxygens (including phenoxy) is 2. The Balaban J connectivity index is 1.77. The molecule has 0 aromatic carbocycles. The summed E-state index contributed by atoms with van der Waals surface area (Å²) in [5, 5.41) is 49.9. The monoisotopic (exact) mass is 565 g/mol. The van der Waals surface area contributed by atoms with Crippen LogP contribution >= 0.6 is 15.6 Å². The zero-order chi connectivity index (χ0) is 27.0. The predicted molar refractivity (Wildman–Crippen MR) is 111 cm³/mol. The van der Waals surface area contributed by atoms with Gasteiger partial charge in [0.2, 0.25) is 0 Å². The first kappa shape index (κ1) is 29.2. The summed E-state index contributed by atoms with van der Waals surface area (Å²) in [4.78, 5) is 43.3. The maximum Gasteiger partial charge on any atom is 0.486 e. The minimum Gasteiger partial charge on any atom is -0.394 e. The molecular weight excluding hydrogens is 540 g/mol. The lowest BCUT2D eigenvalue weighted by atomic mass is 9.97. The number of aliphatic hydroxyl groups excluding tert-OH is 5. The number of H-pyrrole nitrogens is 1. The smallest absolute Gasteiger partial charge is 0.394 e. The Morgan fingerprint density at radius 2 is 1.69 bits per heavy atom. The quantitative estimate of drug-likeness (QED) is 0.127. The molecule has 10 N–H and O–H groups in total. The zero-order valence-corrected chi connectivity index (χ0v) is 19.8. The maximum absolute atomic E-state index is 13.0. The van der Waals surface area contributed by atoms with Gasteiger partial charge in [-0.3, -0.25) is 23.4 Å². The van der Waals surface area contributed by atoms with Gasteiger partial charge in [0.1, 0.15) is 36.6 Å². The van der Waals surface area contributed by atoms with Crippen molar-refractivity contribution in [3.63, 3.8) is 0 Å². The number of rotatable bonds is 9. The molecule has 0 bridgehead atoms. The molecule has 1 aromatic rings. The number of aromatic nitrogens is 2. The zero-order valence-electron chi connectivity index (χ0n) is 18.0. The minimum atomic E-state index is -5.60. The van der Waals surface area contributed by atoms with Gasteiger partial charge in [0.25, 0.3) is 5.56 Å².